The molecule has 0 heterocycles. The normalized spacial score (nSPS) is 12.8. The highest BCUT2D eigenvalue weighted by molar-refractivity contribution is 9.11. The molecule has 0 aliphatic carbocycles. The molecule has 0 bridgehead atoms. The molecule has 1 unspecified atom stereocenters. The fourth-order valence-electron chi connectivity index (χ4n) is 2.56. The van der Waals surface area contributed by atoms with E-state index in [0.29, 0.717) is 23.3 Å². The molecule has 0 aliphatic rings. The Morgan fingerprint density at radius 2 is 1.60 bits per heavy atom. The quantitative estimate of drug-likeness (QED) is 0.0975. The lowest BCUT2D eigenvalue weighted by Crippen LogP contribution is -2.42. The number of hydrogen-bond acceptors (Lipinski definition) is 5. The van der Waals surface area contributed by atoms with Gasteiger partial charge in [0.2, 0.25) is 0 Å². The van der Waals surface area contributed by atoms with E-state index in [4.69, 9.17) is 19.4 Å². The first-order valence-corrected chi connectivity index (χ1v) is 14.7. The van der Waals surface area contributed by atoms with Gasteiger partial charge in [0.1, 0.15) is 18.0 Å². The van der Waals surface area contributed by atoms with E-state index in [2.05, 4.69) is 46.3 Å². The minimum Gasteiger partial charge on any atom is -0.492 e. The number of carbonyl (C=O) groups is 3. The maximum absolute atomic E-state index is 12.5. The van der Waals surface area contributed by atoms with Gasteiger partial charge in [-0.2, -0.15) is 0 Å². The number of amides is 2. The maximum atomic E-state index is 12.5. The van der Waals surface area contributed by atoms with Crippen molar-refractivity contribution in [3.8, 4) is 0 Å². The van der Waals surface area contributed by atoms with Crippen molar-refractivity contribution >= 4 is 33.9 Å². The first-order valence-electron chi connectivity index (χ1n) is 13.8. The second-order valence-corrected chi connectivity index (χ2v) is 10.0. The summed E-state index contributed by atoms with van der Waals surface area (Å²) in [6.45, 7) is 27.7. The molecule has 0 rings (SSSR count). The van der Waals surface area contributed by atoms with E-state index in [0.717, 1.165) is 18.2 Å². The summed E-state index contributed by atoms with van der Waals surface area (Å²) in [5.41, 5.74) is 2.27. The van der Waals surface area contributed by atoms with E-state index in [-0.39, 0.29) is 12.5 Å². The van der Waals surface area contributed by atoms with Gasteiger partial charge in [-0.3, -0.25) is 9.59 Å². The van der Waals surface area contributed by atoms with Crippen molar-refractivity contribution in [1.82, 2.24) is 10.6 Å². The molecule has 240 valence electrons. The van der Waals surface area contributed by atoms with Gasteiger partial charge in [-0.15, -0.1) is 0 Å². The van der Waals surface area contributed by atoms with Crippen LogP contribution in [-0.4, -0.2) is 41.3 Å². The van der Waals surface area contributed by atoms with Crippen LogP contribution in [0.15, 0.2) is 108 Å². The van der Waals surface area contributed by atoms with Crippen LogP contribution in [0, 0.1) is 0 Å². The van der Waals surface area contributed by atoms with Crippen LogP contribution in [0.2, 0.25) is 0 Å². The fraction of sp³-hybridized carbons (Fsp3) is 0.382. The van der Waals surface area contributed by atoms with Crippen molar-refractivity contribution in [3.05, 3.63) is 108 Å². The van der Waals surface area contributed by atoms with E-state index in [1.807, 2.05) is 52.0 Å². The molecule has 0 radical (unpaired) electrons. The van der Waals surface area contributed by atoms with Crippen molar-refractivity contribution in [2.24, 2.45) is 0 Å². The number of rotatable bonds is 14. The molecule has 0 fully saturated rings. The summed E-state index contributed by atoms with van der Waals surface area (Å²) in [6.07, 6.45) is 15.9. The van der Waals surface area contributed by atoms with E-state index in [1.165, 1.54) is 0 Å². The Labute approximate surface area is 267 Å². The first-order chi connectivity index (χ1) is 20.1. The first kappa shape index (κ1) is 43.6. The third kappa shape index (κ3) is 26.8. The number of carbonyl (C=O) groups excluding carboxylic acids is 2. The molecule has 2 amide bonds. The molecule has 1 atom stereocenters. The number of carboxylic acids is 1. The topological polar surface area (TPSA) is 114 Å². The molecule has 9 heteroatoms. The number of alkyl carbamates (subject to hydrolysis) is 1. The Bertz CT molecular complexity index is 1100. The number of allylic oxidation sites excluding steroid dienone is 9. The number of hydrogen-bond donors (Lipinski definition) is 3. The SMILES string of the molecule is C=C/C=C\C(=C)C(COC(=C)/C=C\C/C=C(\C)C(=O)NC(=C/C=C/Br)/C(C)=C\C)NC(=O)OC(C)(C)C.CC.CC(=O)O. The van der Waals surface area contributed by atoms with Gasteiger partial charge in [-0.05, 0) is 76.2 Å². The molecular formula is C34H51BrN2O6. The zero-order valence-corrected chi connectivity index (χ0v) is 28.8. The van der Waals surface area contributed by atoms with Crippen molar-refractivity contribution in [2.45, 2.75) is 80.4 Å². The summed E-state index contributed by atoms with van der Waals surface area (Å²) in [7, 11) is 0. The number of nitrogens with one attached hydrogen (secondary N) is 2. The summed E-state index contributed by atoms with van der Waals surface area (Å²) in [6, 6.07) is -0.524. The summed E-state index contributed by atoms with van der Waals surface area (Å²) >= 11 is 3.23. The highest BCUT2D eigenvalue weighted by atomic mass is 79.9. The summed E-state index contributed by atoms with van der Waals surface area (Å²) < 4.78 is 11.1. The van der Waals surface area contributed by atoms with Crippen molar-refractivity contribution in [2.75, 3.05) is 6.61 Å². The Morgan fingerprint density at radius 3 is 2.09 bits per heavy atom. The van der Waals surface area contributed by atoms with Gasteiger partial charge in [0.25, 0.3) is 11.9 Å². The number of halogens is 1. The van der Waals surface area contributed by atoms with E-state index in [9.17, 15) is 9.59 Å². The summed E-state index contributed by atoms with van der Waals surface area (Å²) in [5.74, 6) is -0.608. The van der Waals surface area contributed by atoms with Gasteiger partial charge in [0, 0.05) is 18.2 Å². The monoisotopic (exact) mass is 662 g/mol. The lowest BCUT2D eigenvalue weighted by molar-refractivity contribution is -0.134. The minimum atomic E-state index is -0.833. The average Bonchev–Trinajstić information content (AvgIpc) is 2.93. The highest BCUT2D eigenvalue weighted by Crippen LogP contribution is 2.11. The van der Waals surface area contributed by atoms with E-state index < -0.39 is 23.7 Å². The molecule has 43 heavy (non-hydrogen) atoms. The second kappa shape index (κ2) is 25.8. The zero-order valence-electron chi connectivity index (χ0n) is 27.3. The van der Waals surface area contributed by atoms with Crippen LogP contribution in [0.25, 0.3) is 0 Å². The van der Waals surface area contributed by atoms with Gasteiger partial charge in [0.05, 0.1) is 6.04 Å². The van der Waals surface area contributed by atoms with Gasteiger partial charge in [0.15, 0.2) is 0 Å². The van der Waals surface area contributed by atoms with Crippen LogP contribution < -0.4 is 10.6 Å². The van der Waals surface area contributed by atoms with Gasteiger partial charge in [-0.1, -0.05) is 92.0 Å². The third-order valence-electron chi connectivity index (χ3n) is 4.68. The van der Waals surface area contributed by atoms with Crippen molar-refractivity contribution < 1.29 is 29.0 Å². The van der Waals surface area contributed by atoms with Crippen LogP contribution in [0.4, 0.5) is 4.79 Å². The summed E-state index contributed by atoms with van der Waals surface area (Å²) in [5, 5.41) is 13.1. The average molecular weight is 664 g/mol. The predicted molar refractivity (Wildman–Crippen MR) is 183 cm³/mol. The number of carboxylic acid groups (broad SMARTS) is 1. The molecule has 0 aliphatic heterocycles. The lowest BCUT2D eigenvalue weighted by atomic mass is 10.1. The minimum absolute atomic E-state index is 0.113. The molecule has 8 nitrogen and oxygen atoms in total. The standard InChI is InChI=1S/C30H41BrN2O4.C2H4O2.C2H6/c1-10-12-16-23(4)27(33-29(35)37-30(7,8)9)21-36-25(6)18-14-13-17-24(5)28(34)32-26(19-15-20-31)22(3)11-2;1-2(3)4;1-2/h10-12,14-20,27H,1,4,6,13,21H2,2-3,5,7-9H3,(H,32,34)(H,33,35);1H3,(H,3,4);1-2H3/b16-12-,18-14-,20-15+,22-11-,24-17+,26-19+;;. The Morgan fingerprint density at radius 1 is 1.02 bits per heavy atom. The largest absolute Gasteiger partial charge is 0.492 e. The Kier molecular flexibility index (Phi) is 26.2. The molecule has 0 saturated heterocycles. The molecule has 0 aromatic carbocycles. The third-order valence-corrected chi connectivity index (χ3v) is 4.99. The van der Waals surface area contributed by atoms with Crippen LogP contribution in [0.1, 0.15) is 68.7 Å². The van der Waals surface area contributed by atoms with Crippen molar-refractivity contribution in [3.63, 3.8) is 0 Å². The lowest BCUT2D eigenvalue weighted by Gasteiger charge is -2.24. The van der Waals surface area contributed by atoms with Gasteiger partial charge < -0.3 is 25.2 Å². The van der Waals surface area contributed by atoms with Crippen LogP contribution >= 0.6 is 15.9 Å². The zero-order chi connectivity index (χ0) is 34.0. The van der Waals surface area contributed by atoms with E-state index >= 15 is 0 Å². The van der Waals surface area contributed by atoms with Crippen LogP contribution in [0.3, 0.4) is 0 Å². The fourth-order valence-corrected chi connectivity index (χ4v) is 2.71. The second-order valence-electron chi connectivity index (χ2n) is 9.51. The number of aliphatic carboxylic acids is 1. The van der Waals surface area contributed by atoms with Crippen LogP contribution in [-0.2, 0) is 19.1 Å². The van der Waals surface area contributed by atoms with E-state index in [1.54, 1.807) is 63.1 Å². The van der Waals surface area contributed by atoms with Gasteiger partial charge in [-0.25, -0.2) is 4.79 Å². The molecule has 0 spiro atoms. The van der Waals surface area contributed by atoms with Crippen molar-refractivity contribution in [1.29, 1.82) is 0 Å². The highest BCUT2D eigenvalue weighted by Gasteiger charge is 2.21. The predicted octanol–water partition coefficient (Wildman–Crippen LogP) is 8.59. The Hall–Kier alpha value is -3.85. The molecule has 3 N–H and O–H groups in total. The molecular weight excluding hydrogens is 612 g/mol. The molecule has 0 saturated carbocycles. The molecule has 0 aromatic heterocycles. The summed E-state index contributed by atoms with van der Waals surface area (Å²) in [4.78, 5) is 35.5. The smallest absolute Gasteiger partial charge is 0.408 e. The number of ether oxygens (including phenoxy) is 2. The maximum Gasteiger partial charge on any atom is 0.408 e. The Balaban J connectivity index is -0.00000244. The van der Waals surface area contributed by atoms with Gasteiger partial charge >= 0.3 is 6.09 Å². The van der Waals surface area contributed by atoms with Crippen LogP contribution in [0.5, 0.6) is 0 Å². The molecule has 0 aromatic rings.